The Morgan fingerprint density at radius 1 is 1.25 bits per heavy atom. The molecule has 4 heteroatoms. The van der Waals surface area contributed by atoms with Gasteiger partial charge in [-0.2, -0.15) is 0 Å². The smallest absolute Gasteiger partial charge is 0.330 e. The van der Waals surface area contributed by atoms with E-state index in [0.717, 1.165) is 18.9 Å². The molecule has 0 atom stereocenters. The SMILES string of the molecule is C=CC(=O)O.C=CC(=O)OCC(CC)CC. The molecular weight excluding hydrogens is 208 g/mol. The van der Waals surface area contributed by atoms with Gasteiger partial charge in [-0.1, -0.05) is 39.8 Å². The fourth-order valence-electron chi connectivity index (χ4n) is 0.783. The van der Waals surface area contributed by atoms with Crippen molar-refractivity contribution in [2.24, 2.45) is 5.92 Å². The highest BCUT2D eigenvalue weighted by Gasteiger charge is 2.04. The molecule has 0 aromatic carbocycles. The Kier molecular flexibility index (Phi) is 12.1. The number of hydrogen-bond acceptors (Lipinski definition) is 3. The van der Waals surface area contributed by atoms with Crippen LogP contribution in [0.3, 0.4) is 0 Å². The van der Waals surface area contributed by atoms with Gasteiger partial charge in [-0.05, 0) is 5.92 Å². The Morgan fingerprint density at radius 3 is 1.94 bits per heavy atom. The lowest BCUT2D eigenvalue weighted by Gasteiger charge is -2.10. The first-order chi connectivity index (χ1) is 7.51. The second-order valence-electron chi connectivity index (χ2n) is 3.06. The lowest BCUT2D eigenvalue weighted by atomic mass is 10.1. The van der Waals surface area contributed by atoms with Crippen molar-refractivity contribution in [1.29, 1.82) is 0 Å². The third kappa shape index (κ3) is 12.4. The second-order valence-corrected chi connectivity index (χ2v) is 3.06. The van der Waals surface area contributed by atoms with Gasteiger partial charge in [-0.15, -0.1) is 0 Å². The van der Waals surface area contributed by atoms with Gasteiger partial charge in [0.05, 0.1) is 6.61 Å². The Balaban J connectivity index is 0. The van der Waals surface area contributed by atoms with Crippen molar-refractivity contribution in [3.8, 4) is 0 Å². The van der Waals surface area contributed by atoms with Crippen LogP contribution in [-0.2, 0) is 14.3 Å². The van der Waals surface area contributed by atoms with Gasteiger partial charge in [0.25, 0.3) is 0 Å². The molecule has 92 valence electrons. The largest absolute Gasteiger partial charge is 0.478 e. The van der Waals surface area contributed by atoms with E-state index in [0.29, 0.717) is 12.5 Å². The lowest BCUT2D eigenvalue weighted by molar-refractivity contribution is -0.139. The zero-order valence-electron chi connectivity index (χ0n) is 9.94. The van der Waals surface area contributed by atoms with Crippen LogP contribution in [0.25, 0.3) is 0 Å². The molecular formula is C12H20O4. The predicted octanol–water partition coefficient (Wildman–Crippen LogP) is 2.41. The van der Waals surface area contributed by atoms with Gasteiger partial charge in [0, 0.05) is 12.2 Å². The average molecular weight is 228 g/mol. The molecule has 0 heterocycles. The van der Waals surface area contributed by atoms with E-state index >= 15 is 0 Å². The molecule has 0 rings (SSSR count). The van der Waals surface area contributed by atoms with Crippen LogP contribution < -0.4 is 0 Å². The number of carboxylic acid groups (broad SMARTS) is 1. The molecule has 0 bridgehead atoms. The van der Waals surface area contributed by atoms with Crippen molar-refractivity contribution in [1.82, 2.24) is 0 Å². The van der Waals surface area contributed by atoms with Gasteiger partial charge in [-0.25, -0.2) is 9.59 Å². The molecule has 0 fully saturated rings. The molecule has 0 aromatic rings. The average Bonchev–Trinajstić information content (AvgIpc) is 2.30. The van der Waals surface area contributed by atoms with Crippen molar-refractivity contribution in [2.45, 2.75) is 26.7 Å². The Morgan fingerprint density at radius 2 is 1.69 bits per heavy atom. The second kappa shape index (κ2) is 11.5. The Labute approximate surface area is 96.6 Å². The van der Waals surface area contributed by atoms with Crippen LogP contribution in [0.1, 0.15) is 26.7 Å². The number of carbonyl (C=O) groups excluding carboxylic acids is 1. The number of esters is 1. The third-order valence-corrected chi connectivity index (χ3v) is 1.96. The summed E-state index contributed by atoms with van der Waals surface area (Å²) in [6, 6.07) is 0. The van der Waals surface area contributed by atoms with Gasteiger partial charge in [0.2, 0.25) is 0 Å². The minimum absolute atomic E-state index is 0.322. The fourth-order valence-corrected chi connectivity index (χ4v) is 0.783. The van der Waals surface area contributed by atoms with Crippen molar-refractivity contribution < 1.29 is 19.4 Å². The van der Waals surface area contributed by atoms with Gasteiger partial charge < -0.3 is 9.84 Å². The maximum Gasteiger partial charge on any atom is 0.330 e. The lowest BCUT2D eigenvalue weighted by Crippen LogP contribution is -2.10. The van der Waals surface area contributed by atoms with Crippen LogP contribution in [0.4, 0.5) is 0 Å². The van der Waals surface area contributed by atoms with Crippen LogP contribution in [0.5, 0.6) is 0 Å². The highest BCUT2D eigenvalue weighted by Crippen LogP contribution is 2.07. The highest BCUT2D eigenvalue weighted by molar-refractivity contribution is 5.81. The molecule has 0 saturated heterocycles. The number of hydrogen-bond donors (Lipinski definition) is 1. The maximum absolute atomic E-state index is 10.6. The maximum atomic E-state index is 10.6. The van der Waals surface area contributed by atoms with Gasteiger partial charge in [0.15, 0.2) is 0 Å². The molecule has 0 unspecified atom stereocenters. The molecule has 0 aromatic heterocycles. The van der Waals surface area contributed by atoms with Gasteiger partial charge in [0.1, 0.15) is 0 Å². The molecule has 0 amide bonds. The molecule has 0 saturated carbocycles. The number of carbonyl (C=O) groups is 2. The van der Waals surface area contributed by atoms with Crippen LogP contribution in [0, 0.1) is 5.92 Å². The van der Waals surface area contributed by atoms with Crippen LogP contribution >= 0.6 is 0 Å². The highest BCUT2D eigenvalue weighted by atomic mass is 16.5. The van der Waals surface area contributed by atoms with Crippen molar-refractivity contribution in [2.75, 3.05) is 6.61 Å². The van der Waals surface area contributed by atoms with Crippen LogP contribution in [-0.4, -0.2) is 23.7 Å². The van der Waals surface area contributed by atoms with E-state index in [1.807, 2.05) is 0 Å². The fraction of sp³-hybridized carbons (Fsp3) is 0.500. The monoisotopic (exact) mass is 228 g/mol. The van der Waals surface area contributed by atoms with E-state index in [-0.39, 0.29) is 5.97 Å². The number of aliphatic carboxylic acids is 1. The van der Waals surface area contributed by atoms with E-state index in [4.69, 9.17) is 9.84 Å². The summed E-state index contributed by atoms with van der Waals surface area (Å²) >= 11 is 0. The standard InChI is InChI=1S/C9H16O2.C3H4O2/c1-4-8(5-2)7-11-9(10)6-3;1-2-3(4)5/h6,8H,3-5,7H2,1-2H3;2H,1H2,(H,4,5). The number of ether oxygens (including phenoxy) is 1. The summed E-state index contributed by atoms with van der Waals surface area (Å²) in [4.78, 5) is 19.9. The molecule has 4 nitrogen and oxygen atoms in total. The minimum Gasteiger partial charge on any atom is -0.478 e. The molecule has 16 heavy (non-hydrogen) atoms. The van der Waals surface area contributed by atoms with E-state index < -0.39 is 5.97 Å². The first kappa shape index (κ1) is 16.8. The molecule has 1 N–H and O–H groups in total. The summed E-state index contributed by atoms with van der Waals surface area (Å²) in [6.07, 6.45) is 4.14. The molecule has 0 aliphatic rings. The predicted molar refractivity (Wildman–Crippen MR) is 63.1 cm³/mol. The summed E-state index contributed by atoms with van der Waals surface area (Å²) in [6.45, 7) is 11.0. The molecule has 0 radical (unpaired) electrons. The van der Waals surface area contributed by atoms with E-state index in [1.165, 1.54) is 6.08 Å². The zero-order valence-corrected chi connectivity index (χ0v) is 9.94. The summed E-state index contributed by atoms with van der Waals surface area (Å²) < 4.78 is 4.88. The van der Waals surface area contributed by atoms with Crippen molar-refractivity contribution >= 4 is 11.9 Å². The quantitative estimate of drug-likeness (QED) is 0.560. The van der Waals surface area contributed by atoms with Crippen molar-refractivity contribution in [3.05, 3.63) is 25.3 Å². The molecule has 0 aliphatic heterocycles. The number of rotatable bonds is 6. The van der Waals surface area contributed by atoms with E-state index in [2.05, 4.69) is 27.0 Å². The minimum atomic E-state index is -0.981. The van der Waals surface area contributed by atoms with Gasteiger partial charge >= 0.3 is 11.9 Å². The number of carboxylic acids is 1. The topological polar surface area (TPSA) is 63.6 Å². The first-order valence-electron chi connectivity index (χ1n) is 5.16. The zero-order chi connectivity index (χ0) is 13.0. The summed E-state index contributed by atoms with van der Waals surface area (Å²) in [7, 11) is 0. The molecule has 0 spiro atoms. The normalized spacial score (nSPS) is 8.69. The summed E-state index contributed by atoms with van der Waals surface area (Å²) in [5, 5.41) is 7.60. The van der Waals surface area contributed by atoms with Gasteiger partial charge in [-0.3, -0.25) is 0 Å². The third-order valence-electron chi connectivity index (χ3n) is 1.96. The Bertz CT molecular complexity index is 229. The van der Waals surface area contributed by atoms with E-state index in [9.17, 15) is 9.59 Å². The van der Waals surface area contributed by atoms with Crippen LogP contribution in [0.2, 0.25) is 0 Å². The van der Waals surface area contributed by atoms with Crippen molar-refractivity contribution in [3.63, 3.8) is 0 Å². The van der Waals surface area contributed by atoms with E-state index in [1.54, 1.807) is 0 Å². The molecule has 0 aliphatic carbocycles. The van der Waals surface area contributed by atoms with Crippen LogP contribution in [0.15, 0.2) is 25.3 Å². The Hall–Kier alpha value is -1.58. The first-order valence-corrected chi connectivity index (χ1v) is 5.16. The summed E-state index contributed by atoms with van der Waals surface area (Å²) in [5.41, 5.74) is 0. The summed E-state index contributed by atoms with van der Waals surface area (Å²) in [5.74, 6) is -0.805.